The molecule has 0 radical (unpaired) electrons. The van der Waals surface area contributed by atoms with Gasteiger partial charge in [0.25, 0.3) is 0 Å². The van der Waals surface area contributed by atoms with Crippen molar-refractivity contribution in [3.63, 3.8) is 0 Å². The minimum atomic E-state index is -0.584. The molecule has 0 bridgehead atoms. The molecular formula is C10H20N4O2. The number of nitrogens with two attached hydrogens (primary N) is 1. The number of nitrogens with zero attached hydrogens (tertiary/aromatic N) is 1. The lowest BCUT2D eigenvalue weighted by Crippen LogP contribution is -2.48. The van der Waals surface area contributed by atoms with Gasteiger partial charge >= 0.3 is 0 Å². The van der Waals surface area contributed by atoms with E-state index in [0.29, 0.717) is 19.6 Å². The lowest BCUT2D eigenvalue weighted by Gasteiger charge is -2.29. The van der Waals surface area contributed by atoms with E-state index in [0.717, 1.165) is 13.0 Å². The average molecular weight is 228 g/mol. The monoisotopic (exact) mass is 228 g/mol. The summed E-state index contributed by atoms with van der Waals surface area (Å²) in [6.45, 7) is 6.04. The first kappa shape index (κ1) is 12.9. The van der Waals surface area contributed by atoms with E-state index in [-0.39, 0.29) is 11.8 Å². The molecule has 6 heteroatoms. The highest BCUT2D eigenvalue weighted by molar-refractivity contribution is 5.82. The first-order valence-corrected chi connectivity index (χ1v) is 5.46. The minimum Gasteiger partial charge on any atom is -0.355 e. The first-order valence-electron chi connectivity index (χ1n) is 5.46. The van der Waals surface area contributed by atoms with Gasteiger partial charge in [0.1, 0.15) is 0 Å². The van der Waals surface area contributed by atoms with E-state index in [1.54, 1.807) is 0 Å². The van der Waals surface area contributed by atoms with Crippen molar-refractivity contribution in [1.29, 1.82) is 0 Å². The molecule has 1 saturated heterocycles. The van der Waals surface area contributed by atoms with Gasteiger partial charge in [-0.3, -0.25) is 19.9 Å². The van der Waals surface area contributed by atoms with Crippen LogP contribution in [0.4, 0.5) is 0 Å². The fourth-order valence-electron chi connectivity index (χ4n) is 1.83. The molecule has 1 aliphatic heterocycles. The molecule has 0 aromatic carbocycles. The summed E-state index contributed by atoms with van der Waals surface area (Å²) < 4.78 is 0. The quantitative estimate of drug-likeness (QED) is 0.322. The van der Waals surface area contributed by atoms with Crippen LogP contribution in [0.1, 0.15) is 20.3 Å². The van der Waals surface area contributed by atoms with Gasteiger partial charge in [-0.1, -0.05) is 0 Å². The summed E-state index contributed by atoms with van der Waals surface area (Å²) in [5, 5.41) is 2.80. The molecule has 2 amide bonds. The maximum Gasteiger partial charge on any atom is 0.240 e. The van der Waals surface area contributed by atoms with Gasteiger partial charge in [-0.25, -0.2) is 5.84 Å². The van der Waals surface area contributed by atoms with Gasteiger partial charge in [0.15, 0.2) is 0 Å². The zero-order valence-electron chi connectivity index (χ0n) is 9.88. The Morgan fingerprint density at radius 1 is 1.62 bits per heavy atom. The predicted molar refractivity (Wildman–Crippen MR) is 60.2 cm³/mol. The molecule has 0 unspecified atom stereocenters. The zero-order chi connectivity index (χ0) is 12.2. The van der Waals surface area contributed by atoms with Crippen molar-refractivity contribution in [2.75, 3.05) is 26.2 Å². The molecule has 6 nitrogen and oxygen atoms in total. The largest absolute Gasteiger partial charge is 0.355 e. The highest BCUT2D eigenvalue weighted by Gasteiger charge is 2.30. The molecule has 16 heavy (non-hydrogen) atoms. The smallest absolute Gasteiger partial charge is 0.240 e. The summed E-state index contributed by atoms with van der Waals surface area (Å²) >= 11 is 0. The predicted octanol–water partition coefficient (Wildman–Crippen LogP) is -1.18. The van der Waals surface area contributed by atoms with Crippen molar-refractivity contribution in [3.05, 3.63) is 0 Å². The van der Waals surface area contributed by atoms with E-state index >= 15 is 0 Å². The number of hydrogen-bond donors (Lipinski definition) is 3. The topological polar surface area (TPSA) is 87.5 Å². The highest BCUT2D eigenvalue weighted by Crippen LogP contribution is 2.17. The SMILES string of the molecule is CC(C)(CN1CCCNC(=O)C1)C(=O)NN. The van der Waals surface area contributed by atoms with Crippen molar-refractivity contribution in [2.24, 2.45) is 11.3 Å². The van der Waals surface area contributed by atoms with Gasteiger partial charge in [-0.15, -0.1) is 0 Å². The summed E-state index contributed by atoms with van der Waals surface area (Å²) in [6, 6.07) is 0. The standard InChI is InChI=1S/C10H20N4O2/c1-10(2,9(16)13-11)7-14-5-3-4-12-8(15)6-14/h3-7,11H2,1-2H3,(H,12,15)(H,13,16). The summed E-state index contributed by atoms with van der Waals surface area (Å²) in [5.41, 5.74) is 1.57. The fraction of sp³-hybridized carbons (Fsp3) is 0.800. The molecule has 1 heterocycles. The van der Waals surface area contributed by atoms with Crippen molar-refractivity contribution in [1.82, 2.24) is 15.6 Å². The summed E-state index contributed by atoms with van der Waals surface area (Å²) in [5.74, 6) is 4.93. The molecule has 0 spiro atoms. The van der Waals surface area contributed by atoms with Crippen LogP contribution < -0.4 is 16.6 Å². The van der Waals surface area contributed by atoms with Crippen molar-refractivity contribution < 1.29 is 9.59 Å². The molecule has 0 aromatic heterocycles. The Kier molecular flexibility index (Phi) is 4.26. The summed E-state index contributed by atoms with van der Waals surface area (Å²) in [7, 11) is 0. The molecule has 1 rings (SSSR count). The second kappa shape index (κ2) is 5.27. The van der Waals surface area contributed by atoms with E-state index in [1.165, 1.54) is 0 Å². The lowest BCUT2D eigenvalue weighted by molar-refractivity contribution is -0.131. The third kappa shape index (κ3) is 3.46. The van der Waals surface area contributed by atoms with E-state index in [1.807, 2.05) is 18.7 Å². The van der Waals surface area contributed by atoms with Gasteiger partial charge < -0.3 is 5.32 Å². The van der Waals surface area contributed by atoms with Gasteiger partial charge in [0.2, 0.25) is 11.8 Å². The normalized spacial score (nSPS) is 18.8. The number of carbonyl (C=O) groups excluding carboxylic acids is 2. The molecular weight excluding hydrogens is 208 g/mol. The number of carbonyl (C=O) groups is 2. The molecule has 1 fully saturated rings. The Balaban J connectivity index is 2.57. The molecule has 0 saturated carbocycles. The van der Waals surface area contributed by atoms with Crippen molar-refractivity contribution in [3.8, 4) is 0 Å². The molecule has 4 N–H and O–H groups in total. The molecule has 1 aliphatic rings. The van der Waals surface area contributed by atoms with Gasteiger partial charge in [-0.2, -0.15) is 0 Å². The fourth-order valence-corrected chi connectivity index (χ4v) is 1.83. The number of hydrazine groups is 1. The van der Waals surface area contributed by atoms with Crippen LogP contribution in [0.5, 0.6) is 0 Å². The van der Waals surface area contributed by atoms with E-state index < -0.39 is 5.41 Å². The maximum absolute atomic E-state index is 11.5. The van der Waals surface area contributed by atoms with Crippen molar-refractivity contribution in [2.45, 2.75) is 20.3 Å². The lowest BCUT2D eigenvalue weighted by atomic mass is 9.91. The second-order valence-electron chi connectivity index (χ2n) is 4.77. The Labute approximate surface area is 95.5 Å². The number of hydrogen-bond acceptors (Lipinski definition) is 4. The molecule has 0 aliphatic carbocycles. The van der Waals surface area contributed by atoms with Gasteiger partial charge in [0.05, 0.1) is 12.0 Å². The average Bonchev–Trinajstić information content (AvgIpc) is 2.40. The third-order valence-corrected chi connectivity index (χ3v) is 2.71. The highest BCUT2D eigenvalue weighted by atomic mass is 16.2. The number of amides is 2. The summed E-state index contributed by atoms with van der Waals surface area (Å²) in [6.07, 6.45) is 0.909. The van der Waals surface area contributed by atoms with E-state index in [9.17, 15) is 9.59 Å². The minimum absolute atomic E-state index is 0.0152. The van der Waals surface area contributed by atoms with Crippen LogP contribution in [0.2, 0.25) is 0 Å². The van der Waals surface area contributed by atoms with Crippen LogP contribution in [0.3, 0.4) is 0 Å². The third-order valence-electron chi connectivity index (χ3n) is 2.71. The molecule has 92 valence electrons. The van der Waals surface area contributed by atoms with Crippen LogP contribution in [-0.2, 0) is 9.59 Å². The van der Waals surface area contributed by atoms with E-state index in [2.05, 4.69) is 10.7 Å². The van der Waals surface area contributed by atoms with Crippen LogP contribution in [0.25, 0.3) is 0 Å². The Bertz CT molecular complexity index is 278. The van der Waals surface area contributed by atoms with Gasteiger partial charge in [-0.05, 0) is 20.3 Å². The van der Waals surface area contributed by atoms with Gasteiger partial charge in [0, 0.05) is 19.6 Å². The Morgan fingerprint density at radius 3 is 2.94 bits per heavy atom. The maximum atomic E-state index is 11.5. The zero-order valence-corrected chi connectivity index (χ0v) is 9.88. The van der Waals surface area contributed by atoms with Crippen LogP contribution in [0, 0.1) is 5.41 Å². The summed E-state index contributed by atoms with van der Waals surface area (Å²) in [4.78, 5) is 24.8. The van der Waals surface area contributed by atoms with Crippen LogP contribution in [0.15, 0.2) is 0 Å². The van der Waals surface area contributed by atoms with Crippen LogP contribution in [-0.4, -0.2) is 42.9 Å². The Hall–Kier alpha value is -1.14. The first-order chi connectivity index (χ1) is 7.45. The molecule has 0 aromatic rings. The van der Waals surface area contributed by atoms with Crippen LogP contribution >= 0.6 is 0 Å². The van der Waals surface area contributed by atoms with Crippen molar-refractivity contribution >= 4 is 11.8 Å². The number of nitrogens with one attached hydrogen (secondary N) is 2. The number of rotatable bonds is 3. The Morgan fingerprint density at radius 2 is 2.31 bits per heavy atom. The molecule has 0 atom stereocenters. The second-order valence-corrected chi connectivity index (χ2v) is 4.77. The van der Waals surface area contributed by atoms with E-state index in [4.69, 9.17) is 5.84 Å².